The highest BCUT2D eigenvalue weighted by atomic mass is 35.5. The molecule has 0 atom stereocenters. The quantitative estimate of drug-likeness (QED) is 0.458. The topological polar surface area (TPSA) is 21.6 Å². The maximum absolute atomic E-state index is 13.2. The number of oxime groups is 1. The number of rotatable bonds is 5. The Balaban J connectivity index is 2.30. The van der Waals surface area contributed by atoms with Crippen molar-refractivity contribution in [1.29, 1.82) is 0 Å². The van der Waals surface area contributed by atoms with Crippen molar-refractivity contribution in [2.24, 2.45) is 5.16 Å². The number of hydrogen-bond acceptors (Lipinski definition) is 2. The van der Waals surface area contributed by atoms with Gasteiger partial charge in [0.05, 0.1) is 11.3 Å². The first kappa shape index (κ1) is 18.1. The molecule has 1 fully saturated rings. The van der Waals surface area contributed by atoms with E-state index in [1.165, 1.54) is 18.6 Å². The van der Waals surface area contributed by atoms with Gasteiger partial charge in [-0.25, -0.2) is 0 Å². The lowest BCUT2D eigenvalue weighted by atomic mass is 9.98. The van der Waals surface area contributed by atoms with Crippen molar-refractivity contribution in [3.63, 3.8) is 0 Å². The zero-order chi connectivity index (χ0) is 16.9. The Kier molecular flexibility index (Phi) is 6.33. The van der Waals surface area contributed by atoms with Gasteiger partial charge in [-0.1, -0.05) is 36.5 Å². The van der Waals surface area contributed by atoms with Crippen LogP contribution in [0.25, 0.3) is 0 Å². The highest BCUT2D eigenvalue weighted by molar-refractivity contribution is 6.31. The van der Waals surface area contributed by atoms with Crippen LogP contribution in [0.15, 0.2) is 23.4 Å². The molecule has 0 aliphatic heterocycles. The molecule has 1 aromatic carbocycles. The van der Waals surface area contributed by atoms with Gasteiger partial charge in [-0.3, -0.25) is 0 Å². The average Bonchev–Trinajstić information content (AvgIpc) is 2.51. The van der Waals surface area contributed by atoms with E-state index in [0.717, 1.165) is 31.7 Å². The van der Waals surface area contributed by atoms with Crippen LogP contribution in [0, 0.1) is 0 Å². The smallest absolute Gasteiger partial charge is 0.392 e. The minimum atomic E-state index is -4.45. The van der Waals surface area contributed by atoms with Crippen molar-refractivity contribution in [2.75, 3.05) is 0 Å². The van der Waals surface area contributed by atoms with E-state index in [2.05, 4.69) is 5.16 Å². The third-order valence-corrected chi connectivity index (χ3v) is 4.18. The molecule has 2 nitrogen and oxygen atoms in total. The molecule has 0 spiro atoms. The molecule has 0 aromatic heterocycles. The number of hydrogen-bond donors (Lipinski definition) is 0. The van der Waals surface area contributed by atoms with Crippen LogP contribution < -0.4 is 0 Å². The van der Waals surface area contributed by atoms with Gasteiger partial charge in [-0.15, -0.1) is 0 Å². The lowest BCUT2D eigenvalue weighted by Gasteiger charge is -2.20. The lowest BCUT2D eigenvalue weighted by Crippen LogP contribution is -2.17. The second-order valence-corrected chi connectivity index (χ2v) is 6.28. The summed E-state index contributed by atoms with van der Waals surface area (Å²) in [5, 5.41) is 4.34. The summed E-state index contributed by atoms with van der Waals surface area (Å²) in [6, 6.07) is 3.58. The zero-order valence-electron chi connectivity index (χ0n) is 13.1. The maximum Gasteiger partial charge on any atom is 0.417 e. The van der Waals surface area contributed by atoms with E-state index in [1.807, 2.05) is 6.92 Å². The van der Waals surface area contributed by atoms with E-state index in [9.17, 15) is 13.2 Å². The number of halogens is 4. The van der Waals surface area contributed by atoms with E-state index >= 15 is 0 Å². The summed E-state index contributed by atoms with van der Waals surface area (Å²) in [5.41, 5.74) is -0.392. The number of nitrogens with zero attached hydrogens (tertiary/aromatic N) is 1. The molecule has 1 saturated carbocycles. The molecule has 0 bridgehead atoms. The summed E-state index contributed by atoms with van der Waals surface area (Å²) >= 11 is 5.90. The summed E-state index contributed by atoms with van der Waals surface area (Å²) in [6.07, 6.45) is 1.80. The summed E-state index contributed by atoms with van der Waals surface area (Å²) in [5.74, 6) is 0. The molecule has 0 heterocycles. The van der Waals surface area contributed by atoms with Gasteiger partial charge in [0.2, 0.25) is 0 Å². The van der Waals surface area contributed by atoms with Crippen molar-refractivity contribution in [1.82, 2.24) is 0 Å². The second kappa shape index (κ2) is 8.04. The standard InChI is InChI=1S/C17H21ClF3NO/c1-2-6-16(22-23-13-7-4-3-5-8-13)14-11-12(18)9-10-15(14)17(19,20)21/h9-11,13H,2-8H2,1H3/b22-16+. The molecule has 23 heavy (non-hydrogen) atoms. The largest absolute Gasteiger partial charge is 0.417 e. The van der Waals surface area contributed by atoms with Crippen LogP contribution in [0.5, 0.6) is 0 Å². The summed E-state index contributed by atoms with van der Waals surface area (Å²) in [7, 11) is 0. The highest BCUT2D eigenvalue weighted by Gasteiger charge is 2.34. The van der Waals surface area contributed by atoms with Crippen LogP contribution in [-0.2, 0) is 11.0 Å². The van der Waals surface area contributed by atoms with Crippen LogP contribution in [0.3, 0.4) is 0 Å². The van der Waals surface area contributed by atoms with Gasteiger partial charge in [-0.2, -0.15) is 13.2 Å². The molecule has 0 saturated heterocycles. The minimum Gasteiger partial charge on any atom is -0.392 e. The molecule has 128 valence electrons. The van der Waals surface area contributed by atoms with Crippen LogP contribution in [-0.4, -0.2) is 11.8 Å². The van der Waals surface area contributed by atoms with E-state index in [4.69, 9.17) is 16.4 Å². The van der Waals surface area contributed by atoms with Gasteiger partial charge in [0.15, 0.2) is 0 Å². The van der Waals surface area contributed by atoms with Crippen molar-refractivity contribution in [3.8, 4) is 0 Å². The van der Waals surface area contributed by atoms with Crippen LogP contribution in [0.2, 0.25) is 5.02 Å². The predicted molar refractivity (Wildman–Crippen MR) is 85.9 cm³/mol. The molecule has 6 heteroatoms. The molecule has 0 radical (unpaired) electrons. The Morgan fingerprint density at radius 2 is 1.96 bits per heavy atom. The molecule has 0 N–H and O–H groups in total. The Hall–Kier alpha value is -1.23. The van der Waals surface area contributed by atoms with E-state index < -0.39 is 11.7 Å². The van der Waals surface area contributed by atoms with Gasteiger partial charge in [-0.05, 0) is 50.3 Å². The van der Waals surface area contributed by atoms with Gasteiger partial charge in [0, 0.05) is 10.6 Å². The fourth-order valence-corrected chi connectivity index (χ4v) is 2.95. The third kappa shape index (κ3) is 5.13. The van der Waals surface area contributed by atoms with E-state index in [0.29, 0.717) is 18.6 Å². The normalized spacial score (nSPS) is 17.3. The molecule has 2 rings (SSSR count). The van der Waals surface area contributed by atoms with Crippen molar-refractivity contribution in [3.05, 3.63) is 34.3 Å². The molecule has 0 unspecified atom stereocenters. The molecule has 1 aliphatic carbocycles. The Labute approximate surface area is 139 Å². The number of alkyl halides is 3. The van der Waals surface area contributed by atoms with Crippen LogP contribution in [0.4, 0.5) is 13.2 Å². The first-order valence-corrected chi connectivity index (χ1v) is 8.39. The van der Waals surface area contributed by atoms with Gasteiger partial charge in [0.1, 0.15) is 6.10 Å². The van der Waals surface area contributed by atoms with Gasteiger partial charge >= 0.3 is 6.18 Å². The first-order valence-electron chi connectivity index (χ1n) is 8.01. The Morgan fingerprint density at radius 3 is 2.57 bits per heavy atom. The molecule has 1 aromatic rings. The monoisotopic (exact) mass is 347 g/mol. The molecule has 0 amide bonds. The first-order chi connectivity index (χ1) is 10.9. The lowest BCUT2D eigenvalue weighted by molar-refractivity contribution is -0.137. The average molecular weight is 348 g/mol. The Bertz CT molecular complexity index is 551. The maximum atomic E-state index is 13.2. The molecule has 1 aliphatic rings. The van der Waals surface area contributed by atoms with Crippen molar-refractivity contribution < 1.29 is 18.0 Å². The Morgan fingerprint density at radius 1 is 1.26 bits per heavy atom. The molecular formula is C17H21ClF3NO. The van der Waals surface area contributed by atoms with Crippen LogP contribution in [0.1, 0.15) is 63.0 Å². The fourth-order valence-electron chi connectivity index (χ4n) is 2.78. The fraction of sp³-hybridized carbons (Fsp3) is 0.588. The predicted octanol–water partition coefficient (Wildman–Crippen LogP) is 6.21. The second-order valence-electron chi connectivity index (χ2n) is 5.84. The summed E-state index contributed by atoms with van der Waals surface area (Å²) < 4.78 is 39.7. The zero-order valence-corrected chi connectivity index (χ0v) is 13.9. The van der Waals surface area contributed by atoms with Crippen LogP contribution >= 0.6 is 11.6 Å². The van der Waals surface area contributed by atoms with Crippen molar-refractivity contribution >= 4 is 17.3 Å². The minimum absolute atomic E-state index is 0.00382. The molecular weight excluding hydrogens is 327 g/mol. The van der Waals surface area contributed by atoms with E-state index in [1.54, 1.807) is 0 Å². The third-order valence-electron chi connectivity index (χ3n) is 3.95. The van der Waals surface area contributed by atoms with Gasteiger partial charge in [0.25, 0.3) is 0 Å². The van der Waals surface area contributed by atoms with E-state index in [-0.39, 0.29) is 16.7 Å². The van der Waals surface area contributed by atoms with Crippen molar-refractivity contribution in [2.45, 2.75) is 64.1 Å². The number of benzene rings is 1. The summed E-state index contributed by atoms with van der Waals surface area (Å²) in [6.45, 7) is 1.90. The summed E-state index contributed by atoms with van der Waals surface area (Å²) in [4.78, 5) is 5.54. The highest BCUT2D eigenvalue weighted by Crippen LogP contribution is 2.34. The van der Waals surface area contributed by atoms with Gasteiger partial charge < -0.3 is 4.84 Å². The SMILES string of the molecule is CCC/C(=N\OC1CCCCC1)c1cc(Cl)ccc1C(F)(F)F.